The van der Waals surface area contributed by atoms with E-state index in [0.717, 1.165) is 43.0 Å². The van der Waals surface area contributed by atoms with Crippen molar-refractivity contribution in [3.8, 4) is 17.2 Å². The minimum Gasteiger partial charge on any atom is -0.372 e. The third kappa shape index (κ3) is 5.74. The standard InChI is InChI=1S/C23H31N5OS/c1-17(2)14-21(23(29)25-9-8-24)26-22-16-30-15-20(22)18-4-6-19(7-5-18)28-12-10-27(3)11-13-28/h4-7,15-17,21,26H,9-14H2,1-3H3,(H,25,29)/t21-/m0/s1. The smallest absolute Gasteiger partial charge is 0.243 e. The molecule has 0 saturated carbocycles. The van der Waals surface area contributed by atoms with E-state index in [2.05, 4.69) is 76.4 Å². The van der Waals surface area contributed by atoms with Gasteiger partial charge in [0.15, 0.2) is 0 Å². The summed E-state index contributed by atoms with van der Waals surface area (Å²) >= 11 is 1.62. The van der Waals surface area contributed by atoms with Crippen LogP contribution in [0.25, 0.3) is 11.1 Å². The number of hydrogen-bond acceptors (Lipinski definition) is 6. The molecule has 6 nitrogen and oxygen atoms in total. The van der Waals surface area contributed by atoms with Gasteiger partial charge < -0.3 is 20.4 Å². The Morgan fingerprint density at radius 2 is 1.87 bits per heavy atom. The fraction of sp³-hybridized carbons (Fsp3) is 0.478. The minimum absolute atomic E-state index is 0.0271. The largest absolute Gasteiger partial charge is 0.372 e. The number of nitrogens with zero attached hydrogens (tertiary/aromatic N) is 3. The molecule has 30 heavy (non-hydrogen) atoms. The Labute approximate surface area is 183 Å². The van der Waals surface area contributed by atoms with Gasteiger partial charge in [-0.3, -0.25) is 4.79 Å². The number of benzene rings is 1. The molecule has 1 aliphatic heterocycles. The maximum Gasteiger partial charge on any atom is 0.243 e. The van der Waals surface area contributed by atoms with Gasteiger partial charge in [0.05, 0.1) is 11.8 Å². The predicted octanol–water partition coefficient (Wildman–Crippen LogP) is 3.63. The molecule has 0 radical (unpaired) electrons. The van der Waals surface area contributed by atoms with Crippen LogP contribution in [0.1, 0.15) is 20.3 Å². The number of nitriles is 1. The van der Waals surface area contributed by atoms with Gasteiger partial charge in [0.2, 0.25) is 5.91 Å². The zero-order valence-electron chi connectivity index (χ0n) is 18.0. The molecule has 0 spiro atoms. The second-order valence-corrected chi connectivity index (χ2v) is 8.98. The van der Waals surface area contributed by atoms with Crippen molar-refractivity contribution in [1.29, 1.82) is 5.26 Å². The van der Waals surface area contributed by atoms with Crippen LogP contribution in [-0.4, -0.2) is 56.6 Å². The van der Waals surface area contributed by atoms with Gasteiger partial charge in [0.1, 0.15) is 12.6 Å². The molecule has 1 saturated heterocycles. The molecule has 1 aromatic carbocycles. The molecule has 0 aliphatic carbocycles. The number of amides is 1. The first-order chi connectivity index (χ1) is 14.5. The summed E-state index contributed by atoms with van der Waals surface area (Å²) in [6.45, 7) is 8.50. The Morgan fingerprint density at radius 3 is 2.50 bits per heavy atom. The Hall–Kier alpha value is -2.56. The second kappa shape index (κ2) is 10.5. The first kappa shape index (κ1) is 22.1. The molecule has 1 amide bonds. The van der Waals surface area contributed by atoms with Crippen LogP contribution in [0.15, 0.2) is 35.0 Å². The normalized spacial score (nSPS) is 15.6. The monoisotopic (exact) mass is 425 g/mol. The van der Waals surface area contributed by atoms with Crippen molar-refractivity contribution >= 4 is 28.6 Å². The molecule has 1 fully saturated rings. The van der Waals surface area contributed by atoms with Crippen molar-refractivity contribution in [2.45, 2.75) is 26.3 Å². The zero-order chi connectivity index (χ0) is 21.5. The van der Waals surface area contributed by atoms with Gasteiger partial charge in [-0.05, 0) is 37.1 Å². The summed E-state index contributed by atoms with van der Waals surface area (Å²) in [4.78, 5) is 17.3. The van der Waals surface area contributed by atoms with Crippen LogP contribution >= 0.6 is 11.3 Å². The highest BCUT2D eigenvalue weighted by Gasteiger charge is 2.21. The van der Waals surface area contributed by atoms with Crippen molar-refractivity contribution in [1.82, 2.24) is 10.2 Å². The number of piperazine rings is 1. The van der Waals surface area contributed by atoms with Crippen LogP contribution < -0.4 is 15.5 Å². The summed E-state index contributed by atoms with van der Waals surface area (Å²) in [5.41, 5.74) is 4.46. The number of rotatable bonds is 8. The Balaban J connectivity index is 1.73. The highest BCUT2D eigenvalue weighted by molar-refractivity contribution is 7.08. The van der Waals surface area contributed by atoms with E-state index in [0.29, 0.717) is 12.3 Å². The van der Waals surface area contributed by atoms with Crippen LogP contribution in [0.2, 0.25) is 0 Å². The molecule has 2 heterocycles. The topological polar surface area (TPSA) is 71.4 Å². The Morgan fingerprint density at radius 1 is 1.17 bits per heavy atom. The Kier molecular flexibility index (Phi) is 7.72. The van der Waals surface area contributed by atoms with Crippen molar-refractivity contribution in [2.75, 3.05) is 50.0 Å². The van der Waals surface area contributed by atoms with Crippen LogP contribution in [0.5, 0.6) is 0 Å². The van der Waals surface area contributed by atoms with Crippen molar-refractivity contribution in [3.05, 3.63) is 35.0 Å². The maximum atomic E-state index is 12.5. The van der Waals surface area contributed by atoms with Gasteiger partial charge >= 0.3 is 0 Å². The van der Waals surface area contributed by atoms with Crippen molar-refractivity contribution in [2.24, 2.45) is 5.92 Å². The first-order valence-corrected chi connectivity index (χ1v) is 11.4. The average Bonchev–Trinajstić information content (AvgIpc) is 3.20. The molecule has 1 aliphatic rings. The van der Waals surface area contributed by atoms with Crippen LogP contribution in [-0.2, 0) is 4.79 Å². The number of thiophene rings is 1. The third-order valence-electron chi connectivity index (χ3n) is 5.40. The lowest BCUT2D eigenvalue weighted by molar-refractivity contribution is -0.121. The van der Waals surface area contributed by atoms with E-state index in [1.54, 1.807) is 11.3 Å². The van der Waals surface area contributed by atoms with Gasteiger partial charge in [0.25, 0.3) is 0 Å². The molecule has 3 rings (SSSR count). The summed E-state index contributed by atoms with van der Waals surface area (Å²) in [5.74, 6) is 0.230. The van der Waals surface area contributed by atoms with E-state index < -0.39 is 0 Å². The fourth-order valence-corrected chi connectivity index (χ4v) is 4.49. The molecular weight excluding hydrogens is 394 g/mol. The molecule has 1 aromatic heterocycles. The number of likely N-dealkylation sites (N-methyl/N-ethyl adjacent to an activating group) is 1. The van der Waals surface area contributed by atoms with Crippen molar-refractivity contribution in [3.63, 3.8) is 0 Å². The highest BCUT2D eigenvalue weighted by atomic mass is 32.1. The van der Waals surface area contributed by atoms with Gasteiger partial charge in [0, 0.05) is 48.2 Å². The zero-order valence-corrected chi connectivity index (χ0v) is 18.8. The molecule has 0 bridgehead atoms. The predicted molar refractivity (Wildman–Crippen MR) is 125 cm³/mol. The van der Waals surface area contributed by atoms with Gasteiger partial charge in [-0.1, -0.05) is 26.0 Å². The van der Waals surface area contributed by atoms with Gasteiger partial charge in [-0.25, -0.2) is 0 Å². The SMILES string of the molecule is CC(C)C[C@H](Nc1cscc1-c1ccc(N2CCN(C)CC2)cc1)C(=O)NCC#N. The summed E-state index contributed by atoms with van der Waals surface area (Å²) in [7, 11) is 2.17. The molecular formula is C23H31N5OS. The van der Waals surface area contributed by atoms with Crippen molar-refractivity contribution < 1.29 is 4.79 Å². The number of anilines is 2. The molecule has 2 N–H and O–H groups in total. The number of carbonyl (C=O) groups is 1. The number of hydrogen-bond donors (Lipinski definition) is 2. The number of nitrogens with one attached hydrogen (secondary N) is 2. The maximum absolute atomic E-state index is 12.5. The van der Waals surface area contributed by atoms with Crippen LogP contribution in [0, 0.1) is 17.2 Å². The first-order valence-electron chi connectivity index (χ1n) is 10.5. The molecule has 1 atom stereocenters. The summed E-state index contributed by atoms with van der Waals surface area (Å²) in [5, 5.41) is 19.0. The molecule has 2 aromatic rings. The Bertz CT molecular complexity index is 862. The summed E-state index contributed by atoms with van der Waals surface area (Å²) in [6.07, 6.45) is 0.703. The average molecular weight is 426 g/mol. The van der Waals surface area contributed by atoms with Gasteiger partial charge in [-0.15, -0.1) is 11.3 Å². The minimum atomic E-state index is -0.365. The quantitative estimate of drug-likeness (QED) is 0.632. The molecule has 160 valence electrons. The second-order valence-electron chi connectivity index (χ2n) is 8.24. The summed E-state index contributed by atoms with van der Waals surface area (Å²) < 4.78 is 0. The highest BCUT2D eigenvalue weighted by Crippen LogP contribution is 2.34. The van der Waals surface area contributed by atoms with Crippen LogP contribution in [0.4, 0.5) is 11.4 Å². The van der Waals surface area contributed by atoms with E-state index >= 15 is 0 Å². The van der Waals surface area contributed by atoms with E-state index in [1.807, 2.05) is 6.07 Å². The lowest BCUT2D eigenvalue weighted by Gasteiger charge is -2.34. The van der Waals surface area contributed by atoms with Crippen LogP contribution in [0.3, 0.4) is 0 Å². The lowest BCUT2D eigenvalue weighted by atomic mass is 10.0. The number of carbonyl (C=O) groups excluding carboxylic acids is 1. The van der Waals surface area contributed by atoms with Gasteiger partial charge in [-0.2, -0.15) is 5.26 Å². The third-order valence-corrected chi connectivity index (χ3v) is 6.15. The van der Waals surface area contributed by atoms with E-state index in [4.69, 9.17) is 5.26 Å². The molecule has 0 unspecified atom stereocenters. The fourth-order valence-electron chi connectivity index (χ4n) is 3.69. The van der Waals surface area contributed by atoms with E-state index in [-0.39, 0.29) is 18.5 Å². The van der Waals surface area contributed by atoms with E-state index in [9.17, 15) is 4.79 Å². The lowest BCUT2D eigenvalue weighted by Crippen LogP contribution is -2.44. The van der Waals surface area contributed by atoms with E-state index in [1.165, 1.54) is 5.69 Å². The summed E-state index contributed by atoms with van der Waals surface area (Å²) in [6, 6.07) is 10.3. The molecule has 7 heteroatoms.